The van der Waals surface area contributed by atoms with Gasteiger partial charge in [-0.1, -0.05) is 0 Å². The zero-order valence-electron chi connectivity index (χ0n) is 13.1. The highest BCUT2D eigenvalue weighted by Gasteiger charge is 2.31. The van der Waals surface area contributed by atoms with Crippen LogP contribution in [0.3, 0.4) is 0 Å². The van der Waals surface area contributed by atoms with Gasteiger partial charge in [0.1, 0.15) is 5.82 Å². The third-order valence-corrected chi connectivity index (χ3v) is 4.98. The second-order valence-corrected chi connectivity index (χ2v) is 7.26. The zero-order valence-corrected chi connectivity index (χ0v) is 13.1. The van der Waals surface area contributed by atoms with Crippen LogP contribution in [-0.4, -0.2) is 40.1 Å². The summed E-state index contributed by atoms with van der Waals surface area (Å²) in [6.07, 6.45) is 9.68. The van der Waals surface area contributed by atoms with Crippen LogP contribution >= 0.6 is 0 Å². The second kappa shape index (κ2) is 6.03. The average Bonchev–Trinajstić information content (AvgIpc) is 3.40. The van der Waals surface area contributed by atoms with Crippen molar-refractivity contribution >= 4 is 5.91 Å². The van der Waals surface area contributed by atoms with Crippen molar-refractivity contribution in [1.29, 1.82) is 0 Å². The van der Waals surface area contributed by atoms with E-state index in [-0.39, 0.29) is 0 Å². The first-order valence-electron chi connectivity index (χ1n) is 8.63. The summed E-state index contributed by atoms with van der Waals surface area (Å²) >= 11 is 0. The molecule has 4 rings (SSSR count). The number of fused-ring (bicyclic) bond motifs is 1. The second-order valence-electron chi connectivity index (χ2n) is 7.26. The van der Waals surface area contributed by atoms with Crippen LogP contribution in [0.15, 0.2) is 12.4 Å². The zero-order chi connectivity index (χ0) is 14.9. The van der Waals surface area contributed by atoms with Crippen LogP contribution in [0.4, 0.5) is 0 Å². The van der Waals surface area contributed by atoms with Crippen molar-refractivity contribution in [2.75, 3.05) is 19.8 Å². The lowest BCUT2D eigenvalue weighted by Crippen LogP contribution is -2.35. The molecule has 2 fully saturated rings. The molecule has 0 unspecified atom stereocenters. The van der Waals surface area contributed by atoms with Gasteiger partial charge >= 0.3 is 0 Å². The molecule has 22 heavy (non-hydrogen) atoms. The number of nitrogens with zero attached hydrogens (tertiary/aromatic N) is 3. The van der Waals surface area contributed by atoms with E-state index in [4.69, 9.17) is 4.74 Å². The molecule has 5 heteroatoms. The minimum atomic E-state index is 0.297. The lowest BCUT2D eigenvalue weighted by molar-refractivity contribution is -0.133. The summed E-state index contributed by atoms with van der Waals surface area (Å²) in [6, 6.07) is 0. The Balaban J connectivity index is 1.40. The van der Waals surface area contributed by atoms with E-state index in [2.05, 4.69) is 9.55 Å². The molecular weight excluding hydrogens is 278 g/mol. The molecule has 1 atom stereocenters. The van der Waals surface area contributed by atoms with Gasteiger partial charge in [0.2, 0.25) is 5.91 Å². The third-order valence-electron chi connectivity index (χ3n) is 4.98. The van der Waals surface area contributed by atoms with Gasteiger partial charge in [-0.3, -0.25) is 4.79 Å². The third kappa shape index (κ3) is 3.51. The Labute approximate surface area is 131 Å². The summed E-state index contributed by atoms with van der Waals surface area (Å²) in [5.74, 6) is 3.11. The average molecular weight is 303 g/mol. The maximum atomic E-state index is 12.5. The molecule has 1 aliphatic heterocycles. The highest BCUT2D eigenvalue weighted by Crippen LogP contribution is 2.33. The van der Waals surface area contributed by atoms with Crippen molar-refractivity contribution in [3.8, 4) is 0 Å². The summed E-state index contributed by atoms with van der Waals surface area (Å²) in [7, 11) is 0. The molecule has 0 saturated heterocycles. The SMILES string of the molecule is O=C(CC1CC1)N1Cc2nccn2C[C@H](COCC2CC2)C1. The van der Waals surface area contributed by atoms with E-state index in [1.807, 2.05) is 17.3 Å². The maximum absolute atomic E-state index is 12.5. The van der Waals surface area contributed by atoms with Crippen LogP contribution in [0, 0.1) is 17.8 Å². The Morgan fingerprint density at radius 3 is 2.68 bits per heavy atom. The van der Waals surface area contributed by atoms with Crippen molar-refractivity contribution in [2.45, 2.75) is 45.2 Å². The number of aromatic nitrogens is 2. The molecule has 5 nitrogen and oxygen atoms in total. The fourth-order valence-corrected chi connectivity index (χ4v) is 3.22. The van der Waals surface area contributed by atoms with E-state index >= 15 is 0 Å². The Hall–Kier alpha value is -1.36. The number of hydrogen-bond acceptors (Lipinski definition) is 3. The molecule has 0 bridgehead atoms. The van der Waals surface area contributed by atoms with E-state index in [9.17, 15) is 4.79 Å². The summed E-state index contributed by atoms with van der Waals surface area (Å²) in [5, 5.41) is 0. The summed E-state index contributed by atoms with van der Waals surface area (Å²) < 4.78 is 8.08. The van der Waals surface area contributed by atoms with E-state index in [0.29, 0.717) is 24.3 Å². The van der Waals surface area contributed by atoms with Gasteiger partial charge in [-0.2, -0.15) is 0 Å². The first-order chi connectivity index (χ1) is 10.8. The molecule has 0 radical (unpaired) electrons. The molecule has 0 spiro atoms. The van der Waals surface area contributed by atoms with Gasteiger partial charge in [-0.15, -0.1) is 0 Å². The summed E-state index contributed by atoms with van der Waals surface area (Å²) in [4.78, 5) is 19.0. The van der Waals surface area contributed by atoms with Crippen LogP contribution in [0.2, 0.25) is 0 Å². The van der Waals surface area contributed by atoms with Gasteiger partial charge < -0.3 is 14.2 Å². The van der Waals surface area contributed by atoms with Crippen molar-refractivity contribution in [2.24, 2.45) is 17.8 Å². The number of carbonyl (C=O) groups excluding carboxylic acids is 1. The van der Waals surface area contributed by atoms with E-state index in [1.54, 1.807) is 0 Å². The number of ether oxygens (including phenoxy) is 1. The fourth-order valence-electron chi connectivity index (χ4n) is 3.22. The highest BCUT2D eigenvalue weighted by molar-refractivity contribution is 5.76. The molecule has 2 aliphatic carbocycles. The van der Waals surface area contributed by atoms with E-state index in [0.717, 1.165) is 44.5 Å². The number of carbonyl (C=O) groups is 1. The minimum Gasteiger partial charge on any atom is -0.381 e. The predicted molar refractivity (Wildman–Crippen MR) is 82.0 cm³/mol. The fraction of sp³-hybridized carbons (Fsp3) is 0.765. The summed E-state index contributed by atoms with van der Waals surface area (Å²) in [5.41, 5.74) is 0. The molecule has 2 heterocycles. The van der Waals surface area contributed by atoms with E-state index < -0.39 is 0 Å². The lowest BCUT2D eigenvalue weighted by Gasteiger charge is -2.24. The first-order valence-corrected chi connectivity index (χ1v) is 8.63. The van der Waals surface area contributed by atoms with Crippen LogP contribution in [-0.2, 0) is 22.6 Å². The van der Waals surface area contributed by atoms with Gasteiger partial charge in [0.15, 0.2) is 0 Å². The molecule has 0 N–H and O–H groups in total. The van der Waals surface area contributed by atoms with Crippen LogP contribution in [0.25, 0.3) is 0 Å². The number of hydrogen-bond donors (Lipinski definition) is 0. The quantitative estimate of drug-likeness (QED) is 0.808. The Bertz CT molecular complexity index is 534. The number of amides is 1. The van der Waals surface area contributed by atoms with Gasteiger partial charge in [0, 0.05) is 44.4 Å². The number of imidazole rings is 1. The molecule has 1 amide bonds. The molecule has 1 aromatic heterocycles. The van der Waals surface area contributed by atoms with Gasteiger partial charge in [-0.05, 0) is 37.5 Å². The highest BCUT2D eigenvalue weighted by atomic mass is 16.5. The molecular formula is C17H25N3O2. The van der Waals surface area contributed by atoms with Crippen LogP contribution in [0.5, 0.6) is 0 Å². The van der Waals surface area contributed by atoms with Crippen molar-refractivity contribution in [3.63, 3.8) is 0 Å². The molecule has 2 saturated carbocycles. The number of rotatable bonds is 6. The Morgan fingerprint density at radius 1 is 1.14 bits per heavy atom. The smallest absolute Gasteiger partial charge is 0.223 e. The maximum Gasteiger partial charge on any atom is 0.223 e. The predicted octanol–water partition coefficient (Wildman–Crippen LogP) is 2.07. The van der Waals surface area contributed by atoms with Crippen molar-refractivity contribution < 1.29 is 9.53 Å². The molecule has 120 valence electrons. The molecule has 3 aliphatic rings. The first kappa shape index (κ1) is 14.2. The minimum absolute atomic E-state index is 0.297. The lowest BCUT2D eigenvalue weighted by atomic mass is 10.1. The largest absolute Gasteiger partial charge is 0.381 e. The normalized spacial score (nSPS) is 24.9. The van der Waals surface area contributed by atoms with Crippen molar-refractivity contribution in [3.05, 3.63) is 18.2 Å². The van der Waals surface area contributed by atoms with Crippen molar-refractivity contribution in [1.82, 2.24) is 14.5 Å². The Morgan fingerprint density at radius 2 is 1.91 bits per heavy atom. The Kier molecular flexibility index (Phi) is 3.90. The standard InChI is InChI=1S/C17H25N3O2/c21-17(7-13-1-2-13)20-9-15(12-22-11-14-3-4-14)8-19-6-5-18-16(19)10-20/h5-6,13-15H,1-4,7-12H2/t15-/m0/s1. The van der Waals surface area contributed by atoms with Gasteiger partial charge in [-0.25, -0.2) is 4.98 Å². The van der Waals surface area contributed by atoms with Crippen LogP contribution < -0.4 is 0 Å². The topological polar surface area (TPSA) is 47.4 Å². The molecule has 1 aromatic rings. The monoisotopic (exact) mass is 303 g/mol. The van der Waals surface area contributed by atoms with Crippen LogP contribution in [0.1, 0.15) is 37.9 Å². The summed E-state index contributed by atoms with van der Waals surface area (Å²) in [6.45, 7) is 4.01. The molecule has 0 aromatic carbocycles. The van der Waals surface area contributed by atoms with E-state index in [1.165, 1.54) is 25.7 Å². The van der Waals surface area contributed by atoms with Gasteiger partial charge in [0.05, 0.1) is 13.2 Å². The van der Waals surface area contributed by atoms with Gasteiger partial charge in [0.25, 0.3) is 0 Å².